The Kier molecular flexibility index (Phi) is 4.03. The van der Waals surface area contributed by atoms with E-state index in [2.05, 4.69) is 16.4 Å². The van der Waals surface area contributed by atoms with Crippen LogP contribution in [0, 0.1) is 0 Å². The molecule has 0 N–H and O–H groups in total. The highest BCUT2D eigenvalue weighted by Gasteiger charge is 2.50. The van der Waals surface area contributed by atoms with Crippen molar-refractivity contribution in [1.29, 1.82) is 0 Å². The van der Waals surface area contributed by atoms with E-state index in [1.54, 1.807) is 16.0 Å². The summed E-state index contributed by atoms with van der Waals surface area (Å²) in [6.45, 7) is 3.76. The lowest BCUT2D eigenvalue weighted by Crippen LogP contribution is -2.56. The molecule has 2 aromatic heterocycles. The summed E-state index contributed by atoms with van der Waals surface area (Å²) >= 11 is 1.66. The molecule has 1 aromatic carbocycles. The molecular formula is C17H18N4O2S. The molecule has 24 heavy (non-hydrogen) atoms. The van der Waals surface area contributed by atoms with Crippen molar-refractivity contribution >= 4 is 28.3 Å². The van der Waals surface area contributed by atoms with Gasteiger partial charge in [0.25, 0.3) is 5.91 Å². The highest BCUT2D eigenvalue weighted by molar-refractivity contribution is 7.10. The number of likely N-dealkylation sites (tertiary alicyclic amines) is 1. The van der Waals surface area contributed by atoms with Crippen molar-refractivity contribution in [2.45, 2.75) is 19.0 Å². The number of carbonyl (C=O) groups excluding carboxylic acids is 1. The van der Waals surface area contributed by atoms with E-state index in [0.29, 0.717) is 19.8 Å². The number of fused-ring (bicyclic) bond motifs is 1. The summed E-state index contributed by atoms with van der Waals surface area (Å²) in [5.41, 5.74) is 1.70. The van der Waals surface area contributed by atoms with Gasteiger partial charge in [-0.25, -0.2) is 4.68 Å². The van der Waals surface area contributed by atoms with E-state index >= 15 is 0 Å². The molecule has 0 saturated carbocycles. The number of nitrogens with zero attached hydrogens (tertiary/aromatic N) is 4. The quantitative estimate of drug-likeness (QED) is 0.510. The van der Waals surface area contributed by atoms with E-state index in [9.17, 15) is 4.79 Å². The van der Waals surface area contributed by atoms with Crippen LogP contribution < -0.4 is 0 Å². The van der Waals surface area contributed by atoms with Gasteiger partial charge in [-0.05, 0) is 30.5 Å². The third-order valence-corrected chi connectivity index (χ3v) is 5.27. The van der Waals surface area contributed by atoms with Gasteiger partial charge >= 0.3 is 0 Å². The fourth-order valence-corrected chi connectivity index (χ4v) is 4.05. The van der Waals surface area contributed by atoms with Crippen molar-refractivity contribution in [1.82, 2.24) is 19.9 Å². The van der Waals surface area contributed by atoms with Gasteiger partial charge < -0.3 is 9.64 Å². The van der Waals surface area contributed by atoms with Crippen molar-refractivity contribution in [3.63, 3.8) is 0 Å². The van der Waals surface area contributed by atoms with Gasteiger partial charge in [0.15, 0.2) is 6.04 Å². The fraction of sp³-hybridized carbons (Fsp3) is 0.353. The summed E-state index contributed by atoms with van der Waals surface area (Å²) in [6.07, 6.45) is 0. The zero-order valence-corrected chi connectivity index (χ0v) is 14.1. The minimum absolute atomic E-state index is 0.0111. The Morgan fingerprint density at radius 3 is 2.88 bits per heavy atom. The van der Waals surface area contributed by atoms with Crippen molar-refractivity contribution in [2.75, 3.05) is 19.8 Å². The predicted octanol–water partition coefficient (Wildman–Crippen LogP) is 2.65. The van der Waals surface area contributed by atoms with Crippen LogP contribution in [-0.2, 0) is 9.53 Å². The second-order valence-electron chi connectivity index (χ2n) is 5.66. The van der Waals surface area contributed by atoms with Crippen LogP contribution in [0.4, 0.5) is 0 Å². The lowest BCUT2D eigenvalue weighted by Gasteiger charge is -2.46. The summed E-state index contributed by atoms with van der Waals surface area (Å²) in [6, 6.07) is 11.5. The molecular weight excluding hydrogens is 324 g/mol. The standard InChI is InChI=1S/C17H18N4O2S/c1-2-23-10-9-20-15(14-8-5-11-24-14)16(17(20)22)21-13-7-4-3-6-12(13)18-19-21/h3-8,11,15-16H,2,9-10H2,1H3/t15-,16+/m1/s1. The number of ether oxygens (including phenoxy) is 1. The molecule has 0 unspecified atom stereocenters. The zero-order valence-electron chi connectivity index (χ0n) is 13.3. The molecule has 3 heterocycles. The molecule has 1 saturated heterocycles. The first-order valence-electron chi connectivity index (χ1n) is 8.03. The first kappa shape index (κ1) is 15.3. The van der Waals surface area contributed by atoms with Gasteiger partial charge in [-0.15, -0.1) is 16.4 Å². The Hall–Kier alpha value is -2.25. The van der Waals surface area contributed by atoms with Gasteiger partial charge in [-0.2, -0.15) is 0 Å². The van der Waals surface area contributed by atoms with Gasteiger partial charge in [0, 0.05) is 18.0 Å². The molecule has 0 bridgehead atoms. The SMILES string of the molecule is CCOCCN1C(=O)[C@@H](n2nnc3ccccc32)[C@H]1c1cccs1. The predicted molar refractivity (Wildman–Crippen MR) is 91.8 cm³/mol. The van der Waals surface area contributed by atoms with Gasteiger partial charge in [-0.3, -0.25) is 4.79 Å². The molecule has 1 amide bonds. The van der Waals surface area contributed by atoms with E-state index in [4.69, 9.17) is 4.74 Å². The lowest BCUT2D eigenvalue weighted by atomic mass is 9.93. The normalized spacial score (nSPS) is 20.5. The number of para-hydroxylation sites is 1. The Balaban J connectivity index is 1.68. The molecule has 3 aromatic rings. The Bertz CT molecular complexity index is 845. The minimum Gasteiger partial charge on any atom is -0.380 e. The van der Waals surface area contributed by atoms with E-state index in [0.717, 1.165) is 15.9 Å². The smallest absolute Gasteiger partial charge is 0.250 e. The van der Waals surface area contributed by atoms with Crippen LogP contribution in [-0.4, -0.2) is 45.6 Å². The topological polar surface area (TPSA) is 60.2 Å². The molecule has 1 aliphatic heterocycles. The molecule has 4 rings (SSSR count). The van der Waals surface area contributed by atoms with E-state index in [1.165, 1.54) is 0 Å². The first-order valence-corrected chi connectivity index (χ1v) is 8.90. The largest absolute Gasteiger partial charge is 0.380 e. The third-order valence-electron chi connectivity index (χ3n) is 4.33. The molecule has 2 atom stereocenters. The molecule has 1 fully saturated rings. The number of benzene rings is 1. The van der Waals surface area contributed by atoms with Crippen molar-refractivity contribution < 1.29 is 9.53 Å². The summed E-state index contributed by atoms with van der Waals surface area (Å²) in [4.78, 5) is 15.8. The van der Waals surface area contributed by atoms with Crippen LogP contribution in [0.15, 0.2) is 41.8 Å². The average molecular weight is 342 g/mol. The number of hydrogen-bond acceptors (Lipinski definition) is 5. The number of thiophene rings is 1. The maximum atomic E-state index is 12.8. The average Bonchev–Trinajstić information content (AvgIpc) is 3.26. The van der Waals surface area contributed by atoms with Crippen LogP contribution in [0.1, 0.15) is 23.9 Å². The van der Waals surface area contributed by atoms with Gasteiger partial charge in [0.05, 0.1) is 18.2 Å². The fourth-order valence-electron chi connectivity index (χ4n) is 3.19. The van der Waals surface area contributed by atoms with Crippen LogP contribution in [0.3, 0.4) is 0 Å². The summed E-state index contributed by atoms with van der Waals surface area (Å²) < 4.78 is 7.19. The van der Waals surface area contributed by atoms with Crippen molar-refractivity contribution in [3.05, 3.63) is 46.7 Å². The molecule has 7 heteroatoms. The number of hydrogen-bond donors (Lipinski definition) is 0. The van der Waals surface area contributed by atoms with E-state index in [1.807, 2.05) is 47.5 Å². The lowest BCUT2D eigenvalue weighted by molar-refractivity contribution is -0.156. The van der Waals surface area contributed by atoms with Crippen LogP contribution in [0.2, 0.25) is 0 Å². The van der Waals surface area contributed by atoms with E-state index in [-0.39, 0.29) is 18.0 Å². The summed E-state index contributed by atoms with van der Waals surface area (Å²) in [7, 11) is 0. The van der Waals surface area contributed by atoms with Crippen molar-refractivity contribution in [2.24, 2.45) is 0 Å². The highest BCUT2D eigenvalue weighted by atomic mass is 32.1. The van der Waals surface area contributed by atoms with Gasteiger partial charge in [0.2, 0.25) is 0 Å². The monoisotopic (exact) mass is 342 g/mol. The Morgan fingerprint density at radius 1 is 1.21 bits per heavy atom. The third kappa shape index (κ3) is 2.40. The Morgan fingerprint density at radius 2 is 2.08 bits per heavy atom. The second kappa shape index (κ2) is 6.33. The van der Waals surface area contributed by atoms with Crippen LogP contribution in [0.25, 0.3) is 11.0 Å². The molecule has 1 aliphatic rings. The molecule has 0 aliphatic carbocycles. The molecule has 124 valence electrons. The number of carbonyl (C=O) groups is 1. The van der Waals surface area contributed by atoms with Crippen LogP contribution >= 0.6 is 11.3 Å². The van der Waals surface area contributed by atoms with Crippen LogP contribution in [0.5, 0.6) is 0 Å². The second-order valence-corrected chi connectivity index (χ2v) is 6.64. The maximum Gasteiger partial charge on any atom is 0.250 e. The molecule has 6 nitrogen and oxygen atoms in total. The number of amides is 1. The molecule has 0 radical (unpaired) electrons. The first-order chi connectivity index (χ1) is 11.8. The van der Waals surface area contributed by atoms with Gasteiger partial charge in [0.1, 0.15) is 5.52 Å². The summed E-state index contributed by atoms with van der Waals surface area (Å²) in [5, 5.41) is 10.5. The Labute approximate surface area is 143 Å². The zero-order chi connectivity index (χ0) is 16.5. The maximum absolute atomic E-state index is 12.8. The van der Waals surface area contributed by atoms with Gasteiger partial charge in [-0.1, -0.05) is 23.4 Å². The highest BCUT2D eigenvalue weighted by Crippen LogP contribution is 2.45. The number of β-lactam (4-membered cyclic amide) rings is 1. The van der Waals surface area contributed by atoms with Crippen molar-refractivity contribution in [3.8, 4) is 0 Å². The summed E-state index contributed by atoms with van der Waals surface area (Å²) in [5.74, 6) is 0.0729. The minimum atomic E-state index is -0.335. The van der Waals surface area contributed by atoms with E-state index < -0.39 is 0 Å². The number of aromatic nitrogens is 3. The number of rotatable bonds is 6. The molecule has 0 spiro atoms.